The highest BCUT2D eigenvalue weighted by Crippen LogP contribution is 2.09. The second-order valence-corrected chi connectivity index (χ2v) is 4.74. The first kappa shape index (κ1) is 14.1. The van der Waals surface area contributed by atoms with Crippen LogP contribution in [0, 0.1) is 0 Å². The highest BCUT2D eigenvalue weighted by Gasteiger charge is 2.30. The molecule has 1 atom stereocenters. The molecular formula is C13H16N4O3. The Balaban J connectivity index is 2.29. The number of carboxylic acids is 1. The first-order valence-corrected chi connectivity index (χ1v) is 6.29. The van der Waals surface area contributed by atoms with Gasteiger partial charge in [-0.25, -0.2) is 0 Å². The number of hydrogen-bond donors (Lipinski definition) is 2. The van der Waals surface area contributed by atoms with Crippen molar-refractivity contribution in [1.82, 2.24) is 20.3 Å². The van der Waals surface area contributed by atoms with Gasteiger partial charge in [0.15, 0.2) is 0 Å². The molecule has 1 unspecified atom stereocenters. The Kier molecular flexibility index (Phi) is 3.80. The highest BCUT2D eigenvalue weighted by atomic mass is 16.4. The lowest BCUT2D eigenvalue weighted by Gasteiger charge is -2.24. The van der Waals surface area contributed by atoms with Crippen LogP contribution in [-0.2, 0) is 11.5 Å². The molecule has 0 fully saturated rings. The lowest BCUT2D eigenvalue weighted by molar-refractivity contribution is -0.144. The Morgan fingerprint density at radius 1 is 1.45 bits per heavy atom. The van der Waals surface area contributed by atoms with Crippen molar-refractivity contribution in [3.8, 4) is 0 Å². The molecule has 0 radical (unpaired) electrons. The zero-order valence-corrected chi connectivity index (χ0v) is 11.3. The van der Waals surface area contributed by atoms with Crippen molar-refractivity contribution in [2.45, 2.75) is 32.5 Å². The van der Waals surface area contributed by atoms with Crippen molar-refractivity contribution in [3.05, 3.63) is 34.6 Å². The van der Waals surface area contributed by atoms with Crippen molar-refractivity contribution >= 4 is 16.9 Å². The summed E-state index contributed by atoms with van der Waals surface area (Å²) in [7, 11) is 0. The van der Waals surface area contributed by atoms with Crippen LogP contribution in [0.5, 0.6) is 0 Å². The summed E-state index contributed by atoms with van der Waals surface area (Å²) in [6, 6.07) is 6.89. The molecule has 7 heteroatoms. The van der Waals surface area contributed by atoms with Crippen LogP contribution in [0.25, 0.3) is 10.9 Å². The van der Waals surface area contributed by atoms with Crippen LogP contribution in [0.15, 0.2) is 29.1 Å². The van der Waals surface area contributed by atoms with Gasteiger partial charge >= 0.3 is 5.97 Å². The summed E-state index contributed by atoms with van der Waals surface area (Å²) < 4.78 is 1.12. The van der Waals surface area contributed by atoms with Gasteiger partial charge in [0.1, 0.15) is 11.1 Å². The molecule has 2 N–H and O–H groups in total. The summed E-state index contributed by atoms with van der Waals surface area (Å²) in [6.07, 6.45) is 0.387. The van der Waals surface area contributed by atoms with Gasteiger partial charge in [0.05, 0.1) is 12.1 Å². The molecule has 2 aromatic rings. The van der Waals surface area contributed by atoms with Crippen molar-refractivity contribution in [3.63, 3.8) is 0 Å². The fourth-order valence-corrected chi connectivity index (χ4v) is 1.73. The number of aliphatic carboxylic acids is 1. The molecular weight excluding hydrogens is 260 g/mol. The average Bonchev–Trinajstić information content (AvgIpc) is 2.46. The van der Waals surface area contributed by atoms with E-state index in [4.69, 9.17) is 5.11 Å². The molecule has 0 spiro atoms. The predicted octanol–water partition coefficient (Wildman–Crippen LogP) is 0.592. The number of carboxylic acid groups (broad SMARTS) is 1. The minimum atomic E-state index is -1.10. The molecule has 0 aliphatic heterocycles. The average molecular weight is 276 g/mol. The predicted molar refractivity (Wildman–Crippen MR) is 73.3 cm³/mol. The number of hydrogen-bond acceptors (Lipinski definition) is 5. The molecule has 106 valence electrons. The smallest absolute Gasteiger partial charge is 0.323 e. The van der Waals surface area contributed by atoms with Crippen LogP contribution >= 0.6 is 0 Å². The maximum absolute atomic E-state index is 12.2. The third-order valence-corrected chi connectivity index (χ3v) is 3.43. The fourth-order valence-electron chi connectivity index (χ4n) is 1.73. The van der Waals surface area contributed by atoms with Gasteiger partial charge in [-0.2, -0.15) is 4.68 Å². The maximum atomic E-state index is 12.2. The van der Waals surface area contributed by atoms with Gasteiger partial charge in [-0.1, -0.05) is 24.3 Å². The van der Waals surface area contributed by atoms with E-state index in [9.17, 15) is 9.59 Å². The molecule has 20 heavy (non-hydrogen) atoms. The van der Waals surface area contributed by atoms with E-state index in [2.05, 4.69) is 15.6 Å². The van der Waals surface area contributed by atoms with Gasteiger partial charge in [-0.15, -0.1) is 5.10 Å². The van der Waals surface area contributed by atoms with E-state index in [1.165, 1.54) is 0 Å². The van der Waals surface area contributed by atoms with Crippen LogP contribution in [0.3, 0.4) is 0 Å². The third-order valence-electron chi connectivity index (χ3n) is 3.43. The number of benzene rings is 1. The quantitative estimate of drug-likeness (QED) is 0.829. The summed E-state index contributed by atoms with van der Waals surface area (Å²) in [5.41, 5.74) is -0.885. The molecule has 0 saturated heterocycles. The molecule has 1 aromatic carbocycles. The summed E-state index contributed by atoms with van der Waals surface area (Å²) in [6.45, 7) is 3.32. The number of carbonyl (C=O) groups is 1. The lowest BCUT2D eigenvalue weighted by atomic mass is 10.00. The minimum absolute atomic E-state index is 0.00664. The molecule has 0 saturated carbocycles. The van der Waals surface area contributed by atoms with Gasteiger partial charge in [0.25, 0.3) is 5.56 Å². The van der Waals surface area contributed by atoms with Crippen molar-refractivity contribution in [1.29, 1.82) is 0 Å². The normalized spacial score (nSPS) is 14.1. The standard InChI is InChI=1S/C13H16N4O3/c1-3-13(2,12(19)20)14-8-17-11(18)9-6-4-5-7-10(9)15-16-17/h4-7,14H,3,8H2,1-2H3,(H,19,20). The van der Waals surface area contributed by atoms with Crippen molar-refractivity contribution in [2.75, 3.05) is 0 Å². The van der Waals surface area contributed by atoms with Crippen LogP contribution in [0.2, 0.25) is 0 Å². The van der Waals surface area contributed by atoms with E-state index in [1.54, 1.807) is 38.1 Å². The Labute approximate surface area is 115 Å². The summed E-state index contributed by atoms with van der Waals surface area (Å²) in [4.78, 5) is 23.4. The van der Waals surface area contributed by atoms with E-state index in [0.29, 0.717) is 17.3 Å². The van der Waals surface area contributed by atoms with Crippen LogP contribution in [0.1, 0.15) is 20.3 Å². The summed E-state index contributed by atoms with van der Waals surface area (Å²) in [5, 5.41) is 20.2. The molecule has 2 rings (SSSR count). The Morgan fingerprint density at radius 2 is 2.15 bits per heavy atom. The van der Waals surface area contributed by atoms with Gasteiger partial charge < -0.3 is 5.11 Å². The SMILES string of the molecule is CCC(C)(NCn1nnc2ccccc2c1=O)C(=O)O. The Hall–Kier alpha value is -2.28. The fraction of sp³-hybridized carbons (Fsp3) is 0.385. The lowest BCUT2D eigenvalue weighted by Crippen LogP contribution is -2.50. The number of fused-ring (bicyclic) bond motifs is 1. The van der Waals surface area contributed by atoms with E-state index in [0.717, 1.165) is 4.68 Å². The molecule has 1 aromatic heterocycles. The number of nitrogens with zero attached hydrogens (tertiary/aromatic N) is 3. The minimum Gasteiger partial charge on any atom is -0.480 e. The van der Waals surface area contributed by atoms with E-state index < -0.39 is 11.5 Å². The van der Waals surface area contributed by atoms with Crippen LogP contribution in [0.4, 0.5) is 0 Å². The van der Waals surface area contributed by atoms with Gasteiger partial charge in [-0.05, 0) is 25.5 Å². The zero-order valence-electron chi connectivity index (χ0n) is 11.3. The van der Waals surface area contributed by atoms with Crippen molar-refractivity contribution in [2.24, 2.45) is 0 Å². The van der Waals surface area contributed by atoms with E-state index in [-0.39, 0.29) is 12.2 Å². The van der Waals surface area contributed by atoms with Crippen LogP contribution < -0.4 is 10.9 Å². The second kappa shape index (κ2) is 5.38. The molecule has 7 nitrogen and oxygen atoms in total. The van der Waals surface area contributed by atoms with Gasteiger partial charge in [-0.3, -0.25) is 14.9 Å². The highest BCUT2D eigenvalue weighted by molar-refractivity contribution is 5.78. The number of nitrogens with one attached hydrogen (secondary N) is 1. The van der Waals surface area contributed by atoms with Crippen LogP contribution in [-0.4, -0.2) is 31.6 Å². The molecule has 1 heterocycles. The first-order valence-electron chi connectivity index (χ1n) is 6.29. The molecule has 0 bridgehead atoms. The number of rotatable bonds is 5. The zero-order chi connectivity index (χ0) is 14.8. The molecule has 0 aliphatic rings. The second-order valence-electron chi connectivity index (χ2n) is 4.74. The largest absolute Gasteiger partial charge is 0.480 e. The van der Waals surface area contributed by atoms with Crippen molar-refractivity contribution < 1.29 is 9.90 Å². The number of aromatic nitrogens is 3. The van der Waals surface area contributed by atoms with Gasteiger partial charge in [0, 0.05) is 0 Å². The Morgan fingerprint density at radius 3 is 2.80 bits per heavy atom. The third kappa shape index (κ3) is 2.53. The summed E-state index contributed by atoms with van der Waals surface area (Å²) in [5.74, 6) is -0.971. The monoisotopic (exact) mass is 276 g/mol. The molecule has 0 amide bonds. The molecule has 0 aliphatic carbocycles. The summed E-state index contributed by atoms with van der Waals surface area (Å²) >= 11 is 0. The van der Waals surface area contributed by atoms with E-state index in [1.807, 2.05) is 0 Å². The topological polar surface area (TPSA) is 97.1 Å². The Bertz CT molecular complexity index is 697. The van der Waals surface area contributed by atoms with E-state index >= 15 is 0 Å². The first-order chi connectivity index (χ1) is 9.48. The van der Waals surface area contributed by atoms with Gasteiger partial charge in [0.2, 0.25) is 0 Å². The maximum Gasteiger partial charge on any atom is 0.323 e.